The SMILES string of the molecule is COc1nc(N[C@H]2[C@H]3CN(C(C)=O)C[C@]32C(C)C)nn2ccc(-c3ccc4nccn4c3)c12. The number of carbonyl (C=O) groups excluding carboxylic acids is 1. The van der Waals surface area contributed by atoms with Crippen molar-refractivity contribution in [2.24, 2.45) is 17.3 Å². The highest BCUT2D eigenvalue weighted by Crippen LogP contribution is 2.63. The second kappa shape index (κ2) is 6.94. The molecule has 2 fully saturated rings. The minimum Gasteiger partial charge on any atom is -0.479 e. The number of nitrogens with one attached hydrogen (secondary N) is 1. The van der Waals surface area contributed by atoms with E-state index in [1.54, 1.807) is 20.2 Å². The molecular weight excluding hydrogens is 418 g/mol. The predicted octanol–water partition coefficient (Wildman–Crippen LogP) is 2.97. The Hall–Kier alpha value is -3.62. The number of anilines is 1. The van der Waals surface area contributed by atoms with Crippen LogP contribution in [0.1, 0.15) is 20.8 Å². The maximum atomic E-state index is 11.9. The summed E-state index contributed by atoms with van der Waals surface area (Å²) >= 11 is 0. The Morgan fingerprint density at radius 1 is 1.27 bits per heavy atom. The molecule has 6 rings (SSSR count). The van der Waals surface area contributed by atoms with Crippen LogP contribution in [0.4, 0.5) is 5.95 Å². The van der Waals surface area contributed by atoms with Gasteiger partial charge in [-0.05, 0) is 24.1 Å². The second-order valence-corrected chi connectivity index (χ2v) is 9.47. The molecule has 1 aliphatic carbocycles. The molecule has 1 saturated heterocycles. The Morgan fingerprint density at radius 2 is 2.12 bits per heavy atom. The number of methoxy groups -OCH3 is 1. The van der Waals surface area contributed by atoms with Gasteiger partial charge in [-0.15, -0.1) is 5.10 Å². The van der Waals surface area contributed by atoms with Gasteiger partial charge in [0.1, 0.15) is 11.2 Å². The summed E-state index contributed by atoms with van der Waals surface area (Å²) in [6.45, 7) is 7.69. The lowest BCUT2D eigenvalue weighted by Gasteiger charge is -2.25. The van der Waals surface area contributed by atoms with Gasteiger partial charge in [-0.3, -0.25) is 4.79 Å². The van der Waals surface area contributed by atoms with Crippen LogP contribution in [-0.2, 0) is 4.79 Å². The number of amides is 1. The van der Waals surface area contributed by atoms with Crippen LogP contribution >= 0.6 is 0 Å². The van der Waals surface area contributed by atoms with Crippen molar-refractivity contribution in [1.29, 1.82) is 0 Å². The number of likely N-dealkylation sites (tertiary alicyclic amines) is 1. The van der Waals surface area contributed by atoms with E-state index in [0.717, 1.165) is 35.4 Å². The number of pyridine rings is 1. The molecule has 1 saturated carbocycles. The number of rotatable bonds is 5. The highest BCUT2D eigenvalue weighted by molar-refractivity contribution is 5.84. The minimum atomic E-state index is 0.0687. The van der Waals surface area contributed by atoms with Crippen LogP contribution in [0.2, 0.25) is 0 Å². The van der Waals surface area contributed by atoms with E-state index in [0.29, 0.717) is 23.7 Å². The highest BCUT2D eigenvalue weighted by Gasteiger charge is 2.71. The Kier molecular flexibility index (Phi) is 4.21. The summed E-state index contributed by atoms with van der Waals surface area (Å²) in [5.41, 5.74) is 3.81. The van der Waals surface area contributed by atoms with Gasteiger partial charge in [-0.1, -0.05) is 13.8 Å². The molecule has 33 heavy (non-hydrogen) atoms. The molecule has 4 aromatic heterocycles. The lowest BCUT2D eigenvalue weighted by Crippen LogP contribution is -2.36. The van der Waals surface area contributed by atoms with Gasteiger partial charge in [-0.2, -0.15) is 4.98 Å². The normalized spacial score (nSPS) is 24.0. The van der Waals surface area contributed by atoms with Gasteiger partial charge in [0.2, 0.25) is 17.7 Å². The van der Waals surface area contributed by atoms with Crippen molar-refractivity contribution in [3.05, 3.63) is 43.0 Å². The third-order valence-corrected chi connectivity index (χ3v) is 7.62. The fourth-order valence-electron chi connectivity index (χ4n) is 5.76. The van der Waals surface area contributed by atoms with E-state index in [-0.39, 0.29) is 17.4 Å². The van der Waals surface area contributed by atoms with Gasteiger partial charge < -0.3 is 19.4 Å². The molecule has 1 aliphatic heterocycles. The zero-order valence-corrected chi connectivity index (χ0v) is 19.2. The number of aromatic nitrogens is 5. The van der Waals surface area contributed by atoms with Gasteiger partial charge in [0.25, 0.3) is 0 Å². The Labute approximate surface area is 191 Å². The van der Waals surface area contributed by atoms with Crippen molar-refractivity contribution >= 4 is 23.0 Å². The van der Waals surface area contributed by atoms with Crippen LogP contribution in [0.25, 0.3) is 22.3 Å². The summed E-state index contributed by atoms with van der Waals surface area (Å²) in [5.74, 6) is 2.07. The first kappa shape index (κ1) is 20.0. The monoisotopic (exact) mass is 445 g/mol. The van der Waals surface area contributed by atoms with Gasteiger partial charge in [-0.25, -0.2) is 9.50 Å². The van der Waals surface area contributed by atoms with Gasteiger partial charge in [0, 0.05) is 73.3 Å². The maximum Gasteiger partial charge on any atom is 0.244 e. The standard InChI is InChI=1S/C24H27N7O2/c1-14(2)24-13-30(15(3)32)12-18(24)21(24)26-23-27-22(33-4)20-17(7-9-31(20)28-23)16-5-6-19-25-8-10-29(19)11-16/h5-11,14,18,21H,12-13H2,1-4H3,(H,26,28)/t18-,21+,24+/m1/s1. The lowest BCUT2D eigenvalue weighted by atomic mass is 9.90. The Morgan fingerprint density at radius 3 is 2.85 bits per heavy atom. The quantitative estimate of drug-likeness (QED) is 0.508. The lowest BCUT2D eigenvalue weighted by molar-refractivity contribution is -0.128. The van der Waals surface area contributed by atoms with Gasteiger partial charge >= 0.3 is 0 Å². The van der Waals surface area contributed by atoms with Crippen LogP contribution in [0.3, 0.4) is 0 Å². The first-order chi connectivity index (χ1) is 15.9. The van der Waals surface area contributed by atoms with Crippen molar-refractivity contribution < 1.29 is 9.53 Å². The van der Waals surface area contributed by atoms with Crippen LogP contribution in [0.15, 0.2) is 43.0 Å². The summed E-state index contributed by atoms with van der Waals surface area (Å²) in [5, 5.41) is 8.31. The zero-order chi connectivity index (χ0) is 22.9. The fraction of sp³-hybridized carbons (Fsp3) is 0.417. The maximum absolute atomic E-state index is 11.9. The molecule has 5 heterocycles. The molecule has 1 amide bonds. The number of fused-ring (bicyclic) bond motifs is 3. The molecule has 0 radical (unpaired) electrons. The summed E-state index contributed by atoms with van der Waals surface area (Å²) in [4.78, 5) is 22.9. The van der Waals surface area contributed by atoms with E-state index >= 15 is 0 Å². The van der Waals surface area contributed by atoms with Crippen molar-refractivity contribution in [2.75, 3.05) is 25.5 Å². The van der Waals surface area contributed by atoms with E-state index < -0.39 is 0 Å². The molecular formula is C24H27N7O2. The summed E-state index contributed by atoms with van der Waals surface area (Å²) in [7, 11) is 1.63. The van der Waals surface area contributed by atoms with Crippen LogP contribution in [0, 0.1) is 17.3 Å². The van der Waals surface area contributed by atoms with Gasteiger partial charge in [0.15, 0.2) is 0 Å². The molecule has 0 unspecified atom stereocenters. The molecule has 1 N–H and O–H groups in total. The van der Waals surface area contributed by atoms with Crippen molar-refractivity contribution in [3.63, 3.8) is 0 Å². The number of piperidine rings is 1. The molecule has 3 atom stereocenters. The van der Waals surface area contributed by atoms with Crippen LogP contribution in [0.5, 0.6) is 5.88 Å². The zero-order valence-electron chi connectivity index (χ0n) is 19.2. The third kappa shape index (κ3) is 2.84. The number of hydrogen-bond donors (Lipinski definition) is 1. The molecule has 0 aromatic carbocycles. The summed E-state index contributed by atoms with van der Waals surface area (Å²) in [6.07, 6.45) is 7.69. The largest absolute Gasteiger partial charge is 0.479 e. The van der Waals surface area contributed by atoms with E-state index in [2.05, 4.69) is 24.1 Å². The van der Waals surface area contributed by atoms with Crippen molar-refractivity contribution in [1.82, 2.24) is 28.9 Å². The molecule has 9 heteroatoms. The van der Waals surface area contributed by atoms with E-state index in [9.17, 15) is 4.79 Å². The molecule has 2 aliphatic rings. The molecule has 0 spiro atoms. The van der Waals surface area contributed by atoms with Crippen molar-refractivity contribution in [2.45, 2.75) is 26.8 Å². The summed E-state index contributed by atoms with van der Waals surface area (Å²) in [6, 6.07) is 6.31. The van der Waals surface area contributed by atoms with Crippen molar-refractivity contribution in [3.8, 4) is 17.0 Å². The average molecular weight is 446 g/mol. The first-order valence-corrected chi connectivity index (χ1v) is 11.3. The summed E-state index contributed by atoms with van der Waals surface area (Å²) < 4.78 is 9.51. The third-order valence-electron chi connectivity index (χ3n) is 7.62. The number of nitrogens with zero attached hydrogens (tertiary/aromatic N) is 6. The molecule has 4 aromatic rings. The topological polar surface area (TPSA) is 89.1 Å². The second-order valence-electron chi connectivity index (χ2n) is 9.47. The van der Waals surface area contributed by atoms with E-state index in [1.807, 2.05) is 50.6 Å². The van der Waals surface area contributed by atoms with Crippen LogP contribution in [-0.4, -0.2) is 61.0 Å². The fourth-order valence-corrected chi connectivity index (χ4v) is 5.76. The highest BCUT2D eigenvalue weighted by atomic mass is 16.5. The molecule has 170 valence electrons. The number of ether oxygens (including phenoxy) is 1. The van der Waals surface area contributed by atoms with E-state index in [4.69, 9.17) is 14.8 Å². The Bertz CT molecular complexity index is 1390. The van der Waals surface area contributed by atoms with Gasteiger partial charge in [0.05, 0.1) is 7.11 Å². The smallest absolute Gasteiger partial charge is 0.244 e. The predicted molar refractivity (Wildman–Crippen MR) is 124 cm³/mol. The molecule has 9 nitrogen and oxygen atoms in total. The average Bonchev–Trinajstić information content (AvgIpc) is 3.29. The number of hydrogen-bond acceptors (Lipinski definition) is 6. The number of imidazole rings is 1. The Balaban J connectivity index is 1.34. The first-order valence-electron chi connectivity index (χ1n) is 11.3. The number of carbonyl (C=O) groups is 1. The van der Waals surface area contributed by atoms with E-state index in [1.165, 1.54) is 0 Å². The minimum absolute atomic E-state index is 0.0687. The van der Waals surface area contributed by atoms with Crippen LogP contribution < -0.4 is 10.1 Å². The molecule has 0 bridgehead atoms.